The third kappa shape index (κ3) is 1.67. The molecule has 1 nitrogen and oxygen atoms in total. The molecular weight excluding hydrogens is 242 g/mol. The summed E-state index contributed by atoms with van der Waals surface area (Å²) in [6.45, 7) is 0. The highest BCUT2D eigenvalue weighted by Gasteiger charge is 2.18. The molecule has 0 radical (unpaired) electrons. The molecule has 0 fully saturated rings. The van der Waals surface area contributed by atoms with Crippen molar-refractivity contribution in [2.45, 2.75) is 18.9 Å². The molecule has 1 unspecified atom stereocenters. The maximum atomic E-state index is 6.50. The highest BCUT2D eigenvalue weighted by Crippen LogP contribution is 2.35. The minimum atomic E-state index is -0.0545. The Hall–Kier alpha value is -2.12. The average Bonchev–Trinajstić information content (AvgIpc) is 2.93. The molecule has 0 amide bonds. The van der Waals surface area contributed by atoms with Crippen LogP contribution in [0.25, 0.3) is 10.8 Å². The van der Waals surface area contributed by atoms with E-state index in [-0.39, 0.29) is 6.04 Å². The second kappa shape index (κ2) is 4.46. The fraction of sp³-hybridized carbons (Fsp3) is 0.158. The summed E-state index contributed by atoms with van der Waals surface area (Å²) in [5, 5.41) is 2.77. The second-order valence-corrected chi connectivity index (χ2v) is 5.54. The lowest BCUT2D eigenvalue weighted by molar-refractivity contribution is 0.880. The van der Waals surface area contributed by atoms with Crippen LogP contribution in [-0.2, 0) is 12.8 Å². The molecule has 1 aliphatic rings. The molecule has 0 aliphatic heterocycles. The molecule has 98 valence electrons. The molecule has 0 saturated heterocycles. The molecule has 0 heterocycles. The molecule has 0 bridgehead atoms. The third-order valence-electron chi connectivity index (χ3n) is 4.40. The van der Waals surface area contributed by atoms with Crippen LogP contribution >= 0.6 is 0 Å². The van der Waals surface area contributed by atoms with Crippen LogP contribution in [0.4, 0.5) is 0 Å². The van der Waals surface area contributed by atoms with Crippen molar-refractivity contribution in [3.05, 3.63) is 82.9 Å². The van der Waals surface area contributed by atoms with Crippen molar-refractivity contribution in [1.82, 2.24) is 0 Å². The van der Waals surface area contributed by atoms with Crippen molar-refractivity contribution >= 4 is 10.8 Å². The Morgan fingerprint density at radius 3 is 2.30 bits per heavy atom. The van der Waals surface area contributed by atoms with E-state index in [9.17, 15) is 0 Å². The lowest BCUT2D eigenvalue weighted by Crippen LogP contribution is -2.12. The Bertz CT molecular complexity index is 764. The minimum Gasteiger partial charge on any atom is -0.320 e. The van der Waals surface area contributed by atoms with E-state index < -0.39 is 0 Å². The van der Waals surface area contributed by atoms with E-state index in [0.29, 0.717) is 0 Å². The maximum Gasteiger partial charge on any atom is 0.0557 e. The summed E-state index contributed by atoms with van der Waals surface area (Å²) < 4.78 is 0. The molecule has 3 aromatic rings. The SMILES string of the molecule is NC(c1ccccc1)c1ccc2c3c(cccc13)CC2. The van der Waals surface area contributed by atoms with E-state index >= 15 is 0 Å². The Kier molecular flexibility index (Phi) is 2.61. The number of aryl methyl sites for hydroxylation is 2. The third-order valence-corrected chi connectivity index (χ3v) is 4.40. The van der Waals surface area contributed by atoms with Gasteiger partial charge in [-0.3, -0.25) is 0 Å². The molecule has 3 aromatic carbocycles. The van der Waals surface area contributed by atoms with Crippen molar-refractivity contribution in [2.24, 2.45) is 5.73 Å². The molecule has 4 rings (SSSR count). The zero-order valence-electron chi connectivity index (χ0n) is 11.3. The normalized spacial score (nSPS) is 14.7. The van der Waals surface area contributed by atoms with E-state index in [0.717, 1.165) is 12.8 Å². The molecule has 0 saturated carbocycles. The van der Waals surface area contributed by atoms with Crippen LogP contribution in [0.2, 0.25) is 0 Å². The number of rotatable bonds is 2. The lowest BCUT2D eigenvalue weighted by Gasteiger charge is -2.16. The lowest BCUT2D eigenvalue weighted by atomic mass is 9.92. The fourth-order valence-corrected chi connectivity index (χ4v) is 3.38. The van der Waals surface area contributed by atoms with Crippen LogP contribution < -0.4 is 5.73 Å². The Labute approximate surface area is 119 Å². The quantitative estimate of drug-likeness (QED) is 0.740. The minimum absolute atomic E-state index is 0.0545. The standard InChI is InChI=1S/C19H17N/c20-19(15-5-2-1-3-6-15)17-12-11-14-10-9-13-7-4-8-16(17)18(13)14/h1-8,11-12,19H,9-10,20H2. The van der Waals surface area contributed by atoms with Gasteiger partial charge in [-0.1, -0.05) is 60.7 Å². The average molecular weight is 259 g/mol. The van der Waals surface area contributed by atoms with Gasteiger partial charge >= 0.3 is 0 Å². The maximum absolute atomic E-state index is 6.50. The molecule has 1 heteroatoms. The first kappa shape index (κ1) is 11.7. The summed E-state index contributed by atoms with van der Waals surface area (Å²) in [7, 11) is 0. The van der Waals surface area contributed by atoms with Gasteiger partial charge in [0.1, 0.15) is 0 Å². The van der Waals surface area contributed by atoms with E-state index in [4.69, 9.17) is 5.73 Å². The van der Waals surface area contributed by atoms with Crippen molar-refractivity contribution in [3.63, 3.8) is 0 Å². The van der Waals surface area contributed by atoms with Crippen LogP contribution in [0.1, 0.15) is 28.3 Å². The van der Waals surface area contributed by atoms with Gasteiger partial charge in [-0.05, 0) is 45.9 Å². The first-order valence-electron chi connectivity index (χ1n) is 7.18. The van der Waals surface area contributed by atoms with E-state index in [1.165, 1.54) is 33.0 Å². The molecule has 2 N–H and O–H groups in total. The van der Waals surface area contributed by atoms with Gasteiger partial charge in [0.05, 0.1) is 6.04 Å². The molecule has 1 atom stereocenters. The van der Waals surface area contributed by atoms with Crippen molar-refractivity contribution in [2.75, 3.05) is 0 Å². The molecule has 20 heavy (non-hydrogen) atoms. The summed E-state index contributed by atoms with van der Waals surface area (Å²) in [4.78, 5) is 0. The van der Waals surface area contributed by atoms with Gasteiger partial charge in [0.25, 0.3) is 0 Å². The predicted molar refractivity (Wildman–Crippen MR) is 83.8 cm³/mol. The van der Waals surface area contributed by atoms with Crippen molar-refractivity contribution in [1.29, 1.82) is 0 Å². The van der Waals surface area contributed by atoms with Crippen LogP contribution in [0.5, 0.6) is 0 Å². The predicted octanol–water partition coefficient (Wildman–Crippen LogP) is 3.99. The van der Waals surface area contributed by atoms with Crippen molar-refractivity contribution < 1.29 is 0 Å². The Morgan fingerprint density at radius 2 is 1.50 bits per heavy atom. The smallest absolute Gasteiger partial charge is 0.0557 e. The van der Waals surface area contributed by atoms with Crippen LogP contribution in [0.15, 0.2) is 60.7 Å². The van der Waals surface area contributed by atoms with E-state index in [2.05, 4.69) is 54.6 Å². The molecule has 1 aliphatic carbocycles. The summed E-state index contributed by atoms with van der Waals surface area (Å²) in [6, 6.07) is 21.4. The van der Waals surface area contributed by atoms with Gasteiger partial charge in [-0.2, -0.15) is 0 Å². The highest BCUT2D eigenvalue weighted by molar-refractivity contribution is 5.93. The zero-order chi connectivity index (χ0) is 13.5. The van der Waals surface area contributed by atoms with Gasteiger partial charge in [-0.15, -0.1) is 0 Å². The van der Waals surface area contributed by atoms with Gasteiger partial charge in [-0.25, -0.2) is 0 Å². The number of benzene rings is 3. The van der Waals surface area contributed by atoms with Crippen LogP contribution in [0.3, 0.4) is 0 Å². The first-order valence-corrected chi connectivity index (χ1v) is 7.18. The largest absolute Gasteiger partial charge is 0.320 e. The van der Waals surface area contributed by atoms with Crippen LogP contribution in [-0.4, -0.2) is 0 Å². The zero-order valence-corrected chi connectivity index (χ0v) is 11.3. The van der Waals surface area contributed by atoms with Crippen molar-refractivity contribution in [3.8, 4) is 0 Å². The topological polar surface area (TPSA) is 26.0 Å². The van der Waals surface area contributed by atoms with Gasteiger partial charge in [0.2, 0.25) is 0 Å². The summed E-state index contributed by atoms with van der Waals surface area (Å²) >= 11 is 0. The van der Waals surface area contributed by atoms with E-state index in [1.807, 2.05) is 6.07 Å². The second-order valence-electron chi connectivity index (χ2n) is 5.54. The first-order chi connectivity index (χ1) is 9.84. The number of nitrogens with two attached hydrogens (primary N) is 1. The van der Waals surface area contributed by atoms with E-state index in [1.54, 1.807) is 0 Å². The number of hydrogen-bond donors (Lipinski definition) is 1. The van der Waals surface area contributed by atoms with Gasteiger partial charge in [0, 0.05) is 0 Å². The molecule has 0 aromatic heterocycles. The van der Waals surface area contributed by atoms with Gasteiger partial charge in [0.15, 0.2) is 0 Å². The molecular formula is C19H17N. The number of hydrogen-bond acceptors (Lipinski definition) is 1. The molecule has 0 spiro atoms. The fourth-order valence-electron chi connectivity index (χ4n) is 3.38. The van der Waals surface area contributed by atoms with Gasteiger partial charge < -0.3 is 5.73 Å². The summed E-state index contributed by atoms with van der Waals surface area (Å²) in [5.74, 6) is 0. The Morgan fingerprint density at radius 1 is 0.750 bits per heavy atom. The summed E-state index contributed by atoms with van der Waals surface area (Å²) in [5.41, 5.74) is 11.9. The van der Waals surface area contributed by atoms with Crippen LogP contribution in [0, 0.1) is 0 Å². The monoisotopic (exact) mass is 259 g/mol. The highest BCUT2D eigenvalue weighted by atomic mass is 14.6. The Balaban J connectivity index is 1.94. The summed E-state index contributed by atoms with van der Waals surface area (Å²) in [6.07, 6.45) is 2.33.